The Bertz CT molecular complexity index is 242. The highest BCUT2D eigenvalue weighted by molar-refractivity contribution is 9.10. The lowest BCUT2D eigenvalue weighted by molar-refractivity contribution is 0.474. The maximum Gasteiger partial charge on any atom is 0.116 e. The summed E-state index contributed by atoms with van der Waals surface area (Å²) in [5.41, 5.74) is 1.11. The molecule has 1 N–H and O–H groups in total. The number of alkyl halides is 1. The lowest BCUT2D eigenvalue weighted by Crippen LogP contribution is -1.85. The van der Waals surface area contributed by atoms with Crippen LogP contribution in [0, 0.1) is 0 Å². The Hall–Kier alpha value is -0.210. The van der Waals surface area contributed by atoms with Gasteiger partial charge >= 0.3 is 0 Å². The molecular formula is C9H10BrClO. The van der Waals surface area contributed by atoms with Crippen molar-refractivity contribution in [2.24, 2.45) is 0 Å². The molecule has 3 heteroatoms. The zero-order valence-corrected chi connectivity index (χ0v) is 8.90. The molecule has 12 heavy (non-hydrogen) atoms. The van der Waals surface area contributed by atoms with E-state index in [0.29, 0.717) is 11.6 Å². The molecule has 0 unspecified atom stereocenters. The monoisotopic (exact) mass is 248 g/mol. The minimum Gasteiger partial charge on any atom is -0.508 e. The van der Waals surface area contributed by atoms with Crippen molar-refractivity contribution < 1.29 is 5.11 Å². The third-order valence-corrected chi connectivity index (χ3v) is 2.27. The Morgan fingerprint density at radius 3 is 2.67 bits per heavy atom. The van der Waals surface area contributed by atoms with Crippen LogP contribution >= 0.6 is 27.5 Å². The quantitative estimate of drug-likeness (QED) is 0.815. The van der Waals surface area contributed by atoms with Crippen molar-refractivity contribution in [2.75, 3.05) is 5.88 Å². The van der Waals surface area contributed by atoms with E-state index in [9.17, 15) is 5.11 Å². The van der Waals surface area contributed by atoms with E-state index in [4.69, 9.17) is 11.6 Å². The summed E-state index contributed by atoms with van der Waals surface area (Å²) in [6.07, 6.45) is 1.86. The van der Waals surface area contributed by atoms with Gasteiger partial charge in [-0.05, 0) is 36.6 Å². The fourth-order valence-corrected chi connectivity index (χ4v) is 1.71. The molecule has 0 amide bonds. The number of hydrogen-bond donors (Lipinski definition) is 1. The Morgan fingerprint density at radius 2 is 2.08 bits per heavy atom. The summed E-state index contributed by atoms with van der Waals surface area (Å²) in [6.45, 7) is 0. The summed E-state index contributed by atoms with van der Waals surface area (Å²) in [4.78, 5) is 0. The van der Waals surface area contributed by atoms with Gasteiger partial charge in [0.05, 0.1) is 0 Å². The lowest BCUT2D eigenvalue weighted by atomic mass is 10.1. The standard InChI is InChI=1S/C9H10BrClO/c10-8-4-7(2-1-3-11)5-9(12)6-8/h4-6,12H,1-3H2. The van der Waals surface area contributed by atoms with E-state index in [1.165, 1.54) is 0 Å². The molecule has 1 nitrogen and oxygen atoms in total. The molecule has 1 aromatic carbocycles. The van der Waals surface area contributed by atoms with Crippen molar-refractivity contribution in [2.45, 2.75) is 12.8 Å². The van der Waals surface area contributed by atoms with Crippen LogP contribution in [0.3, 0.4) is 0 Å². The number of aromatic hydroxyl groups is 1. The first-order chi connectivity index (χ1) is 5.72. The molecule has 0 fully saturated rings. The number of benzene rings is 1. The highest BCUT2D eigenvalue weighted by atomic mass is 79.9. The average molecular weight is 250 g/mol. The highest BCUT2D eigenvalue weighted by Gasteiger charge is 1.97. The average Bonchev–Trinajstić information content (AvgIpc) is 1.99. The van der Waals surface area contributed by atoms with Crippen LogP contribution < -0.4 is 0 Å². The first-order valence-corrected chi connectivity index (χ1v) is 5.09. The van der Waals surface area contributed by atoms with Gasteiger partial charge < -0.3 is 5.11 Å². The highest BCUT2D eigenvalue weighted by Crippen LogP contribution is 2.21. The van der Waals surface area contributed by atoms with Gasteiger partial charge in [-0.1, -0.05) is 15.9 Å². The van der Waals surface area contributed by atoms with E-state index in [2.05, 4.69) is 15.9 Å². The molecule has 0 saturated heterocycles. The zero-order valence-electron chi connectivity index (χ0n) is 6.56. The summed E-state index contributed by atoms with van der Waals surface area (Å²) in [6, 6.07) is 5.42. The largest absolute Gasteiger partial charge is 0.508 e. The van der Waals surface area contributed by atoms with Gasteiger partial charge in [0.15, 0.2) is 0 Å². The van der Waals surface area contributed by atoms with Crippen LogP contribution in [0.5, 0.6) is 5.75 Å². The fraction of sp³-hybridized carbons (Fsp3) is 0.333. The van der Waals surface area contributed by atoms with Crippen molar-refractivity contribution in [1.82, 2.24) is 0 Å². The van der Waals surface area contributed by atoms with Crippen molar-refractivity contribution >= 4 is 27.5 Å². The Kier molecular flexibility index (Phi) is 3.89. The van der Waals surface area contributed by atoms with Gasteiger partial charge in [0.25, 0.3) is 0 Å². The molecule has 0 saturated carbocycles. The third kappa shape index (κ3) is 3.03. The van der Waals surface area contributed by atoms with E-state index in [-0.39, 0.29) is 0 Å². The van der Waals surface area contributed by atoms with E-state index in [1.807, 2.05) is 6.07 Å². The van der Waals surface area contributed by atoms with E-state index in [1.54, 1.807) is 12.1 Å². The lowest BCUT2D eigenvalue weighted by Gasteiger charge is -2.01. The second kappa shape index (κ2) is 4.73. The number of phenols is 1. The van der Waals surface area contributed by atoms with Crippen LogP contribution in [0.15, 0.2) is 22.7 Å². The van der Waals surface area contributed by atoms with Gasteiger partial charge in [-0.15, -0.1) is 11.6 Å². The van der Waals surface area contributed by atoms with Crippen molar-refractivity contribution in [3.63, 3.8) is 0 Å². The topological polar surface area (TPSA) is 20.2 Å². The maximum atomic E-state index is 9.23. The van der Waals surface area contributed by atoms with Gasteiger partial charge in [-0.2, -0.15) is 0 Å². The molecule has 0 aromatic heterocycles. The molecule has 0 spiro atoms. The molecule has 0 aliphatic carbocycles. The molecule has 0 aliphatic heterocycles. The molecule has 0 radical (unpaired) electrons. The van der Waals surface area contributed by atoms with Gasteiger partial charge in [0.2, 0.25) is 0 Å². The van der Waals surface area contributed by atoms with Crippen molar-refractivity contribution in [3.05, 3.63) is 28.2 Å². The fourth-order valence-electron chi connectivity index (χ4n) is 1.05. The van der Waals surface area contributed by atoms with Crippen molar-refractivity contribution in [1.29, 1.82) is 0 Å². The summed E-state index contributed by atoms with van der Waals surface area (Å²) < 4.78 is 0.909. The zero-order chi connectivity index (χ0) is 8.97. The summed E-state index contributed by atoms with van der Waals surface area (Å²) in [5, 5.41) is 9.23. The van der Waals surface area contributed by atoms with E-state index >= 15 is 0 Å². The predicted molar refractivity (Wildman–Crippen MR) is 54.8 cm³/mol. The van der Waals surface area contributed by atoms with Gasteiger partial charge in [0, 0.05) is 10.4 Å². The Morgan fingerprint density at radius 1 is 1.33 bits per heavy atom. The van der Waals surface area contributed by atoms with Crippen LogP contribution in [0.4, 0.5) is 0 Å². The Labute approximate surface area is 85.5 Å². The molecule has 0 aliphatic rings. The third-order valence-electron chi connectivity index (χ3n) is 1.54. The normalized spacial score (nSPS) is 10.2. The summed E-state index contributed by atoms with van der Waals surface area (Å²) in [7, 11) is 0. The van der Waals surface area contributed by atoms with E-state index < -0.39 is 0 Å². The SMILES string of the molecule is Oc1cc(Br)cc(CCCCl)c1. The summed E-state index contributed by atoms with van der Waals surface area (Å²) >= 11 is 8.87. The van der Waals surface area contributed by atoms with Crippen LogP contribution in [0.2, 0.25) is 0 Å². The maximum absolute atomic E-state index is 9.23. The van der Waals surface area contributed by atoms with Crippen LogP contribution in [0.25, 0.3) is 0 Å². The second-order valence-electron chi connectivity index (χ2n) is 2.61. The minimum atomic E-state index is 0.300. The number of halogens is 2. The van der Waals surface area contributed by atoms with Gasteiger partial charge in [-0.3, -0.25) is 0 Å². The van der Waals surface area contributed by atoms with Crippen LogP contribution in [0.1, 0.15) is 12.0 Å². The predicted octanol–water partition coefficient (Wildman–Crippen LogP) is 3.33. The van der Waals surface area contributed by atoms with Crippen LogP contribution in [-0.4, -0.2) is 11.0 Å². The number of phenolic OH excluding ortho intramolecular Hbond substituents is 1. The molecule has 0 atom stereocenters. The van der Waals surface area contributed by atoms with Gasteiger partial charge in [-0.25, -0.2) is 0 Å². The molecule has 1 rings (SSSR count). The van der Waals surface area contributed by atoms with Crippen molar-refractivity contribution in [3.8, 4) is 5.75 Å². The number of rotatable bonds is 3. The molecule has 66 valence electrons. The second-order valence-corrected chi connectivity index (χ2v) is 3.90. The molecule has 0 bridgehead atoms. The Balaban J connectivity index is 2.72. The molecule has 0 heterocycles. The van der Waals surface area contributed by atoms with Crippen LogP contribution in [-0.2, 0) is 6.42 Å². The smallest absolute Gasteiger partial charge is 0.116 e. The first-order valence-electron chi connectivity index (χ1n) is 3.77. The van der Waals surface area contributed by atoms with Gasteiger partial charge in [0.1, 0.15) is 5.75 Å². The number of hydrogen-bond acceptors (Lipinski definition) is 1. The van der Waals surface area contributed by atoms with E-state index in [0.717, 1.165) is 22.9 Å². The molecule has 1 aromatic rings. The first kappa shape index (κ1) is 9.87. The minimum absolute atomic E-state index is 0.300. The number of aryl methyl sites for hydroxylation is 1. The summed E-state index contributed by atoms with van der Waals surface area (Å²) in [5.74, 6) is 0.960. The molecular weight excluding hydrogens is 239 g/mol.